The highest BCUT2D eigenvalue weighted by molar-refractivity contribution is 7.16. The van der Waals surface area contributed by atoms with Crippen LogP contribution in [-0.4, -0.2) is 16.8 Å². The third-order valence-corrected chi connectivity index (χ3v) is 4.78. The molecule has 1 N–H and O–H groups in total. The quantitative estimate of drug-likeness (QED) is 0.881. The number of nitrogens with zero attached hydrogens (tertiary/aromatic N) is 1. The molecule has 0 radical (unpaired) electrons. The molecule has 0 bridgehead atoms. The van der Waals surface area contributed by atoms with Crippen LogP contribution in [0.25, 0.3) is 0 Å². The van der Waals surface area contributed by atoms with E-state index >= 15 is 0 Å². The number of halogens is 1. The number of thiophene rings is 1. The van der Waals surface area contributed by atoms with E-state index in [1.165, 1.54) is 16.2 Å². The third-order valence-electron chi connectivity index (χ3n) is 3.57. The van der Waals surface area contributed by atoms with Crippen molar-refractivity contribution in [2.45, 2.75) is 19.0 Å². The van der Waals surface area contributed by atoms with Crippen LogP contribution in [0.15, 0.2) is 42.5 Å². The second kappa shape index (κ2) is 5.16. The number of imide groups is 1. The fourth-order valence-corrected chi connectivity index (χ4v) is 3.48. The van der Waals surface area contributed by atoms with E-state index in [4.69, 9.17) is 11.6 Å². The molecule has 1 aromatic carbocycles. The van der Waals surface area contributed by atoms with Crippen molar-refractivity contribution in [3.05, 3.63) is 57.2 Å². The van der Waals surface area contributed by atoms with Crippen molar-refractivity contribution in [2.75, 3.05) is 0 Å². The zero-order valence-electron chi connectivity index (χ0n) is 11.3. The van der Waals surface area contributed by atoms with Gasteiger partial charge in [-0.05, 0) is 24.6 Å². The maximum absolute atomic E-state index is 12.7. The number of amides is 3. The lowest BCUT2D eigenvalue weighted by molar-refractivity contribution is -0.131. The maximum atomic E-state index is 12.7. The van der Waals surface area contributed by atoms with Gasteiger partial charge < -0.3 is 5.32 Å². The molecule has 4 nitrogen and oxygen atoms in total. The largest absolute Gasteiger partial charge is 0.325 e. The number of hydrogen-bond acceptors (Lipinski definition) is 3. The first-order valence-corrected chi connectivity index (χ1v) is 7.64. The van der Waals surface area contributed by atoms with E-state index < -0.39 is 5.54 Å². The first-order chi connectivity index (χ1) is 10.0. The standard InChI is InChI=1S/C15H13ClN2O2S/c1-15(10-5-3-2-4-6-10)13(19)18(14(20)17-15)9-11-7-8-12(16)21-11/h2-8H,9H2,1H3,(H,17,20)/t15-/m1/s1. The Balaban J connectivity index is 1.88. The first-order valence-electron chi connectivity index (χ1n) is 6.44. The monoisotopic (exact) mass is 320 g/mol. The molecule has 3 amide bonds. The molecule has 6 heteroatoms. The Kier molecular flexibility index (Phi) is 3.47. The summed E-state index contributed by atoms with van der Waals surface area (Å²) < 4.78 is 0.642. The van der Waals surface area contributed by atoms with Gasteiger partial charge in [0, 0.05) is 4.88 Å². The normalized spacial score (nSPS) is 21.7. The van der Waals surface area contributed by atoms with Crippen LogP contribution in [0, 0.1) is 0 Å². The summed E-state index contributed by atoms with van der Waals surface area (Å²) >= 11 is 7.25. The first kappa shape index (κ1) is 14.1. The zero-order valence-corrected chi connectivity index (χ0v) is 12.9. The van der Waals surface area contributed by atoms with E-state index in [9.17, 15) is 9.59 Å². The van der Waals surface area contributed by atoms with Crippen LogP contribution in [0.2, 0.25) is 4.34 Å². The molecule has 2 heterocycles. The number of benzene rings is 1. The van der Waals surface area contributed by atoms with E-state index in [-0.39, 0.29) is 18.5 Å². The Labute approximate surface area is 131 Å². The van der Waals surface area contributed by atoms with Crippen LogP contribution in [-0.2, 0) is 16.9 Å². The predicted molar refractivity (Wildman–Crippen MR) is 82.2 cm³/mol. The van der Waals surface area contributed by atoms with Crippen molar-refractivity contribution in [1.82, 2.24) is 10.2 Å². The van der Waals surface area contributed by atoms with Crippen LogP contribution < -0.4 is 5.32 Å². The Morgan fingerprint density at radius 2 is 1.90 bits per heavy atom. The molecule has 1 saturated heterocycles. The number of rotatable bonds is 3. The van der Waals surface area contributed by atoms with Crippen LogP contribution in [0.1, 0.15) is 17.4 Å². The lowest BCUT2D eigenvalue weighted by atomic mass is 9.92. The highest BCUT2D eigenvalue weighted by Crippen LogP contribution is 2.31. The molecule has 0 unspecified atom stereocenters. The lowest BCUT2D eigenvalue weighted by Crippen LogP contribution is -2.40. The minimum Gasteiger partial charge on any atom is -0.319 e. The number of hydrogen-bond donors (Lipinski definition) is 1. The van der Waals surface area contributed by atoms with Crippen molar-refractivity contribution >= 4 is 34.9 Å². The van der Waals surface area contributed by atoms with Gasteiger partial charge in [-0.25, -0.2) is 4.79 Å². The molecule has 0 saturated carbocycles. The van der Waals surface area contributed by atoms with Gasteiger partial charge in [0.15, 0.2) is 0 Å². The summed E-state index contributed by atoms with van der Waals surface area (Å²) in [6.45, 7) is 1.97. The summed E-state index contributed by atoms with van der Waals surface area (Å²) in [5, 5.41) is 2.78. The molecule has 21 heavy (non-hydrogen) atoms. The molecule has 0 spiro atoms. The van der Waals surface area contributed by atoms with Crippen molar-refractivity contribution in [2.24, 2.45) is 0 Å². The Morgan fingerprint density at radius 3 is 2.52 bits per heavy atom. The molecular weight excluding hydrogens is 308 g/mol. The van der Waals surface area contributed by atoms with Gasteiger partial charge in [0.1, 0.15) is 5.54 Å². The van der Waals surface area contributed by atoms with Gasteiger partial charge in [0.05, 0.1) is 10.9 Å². The van der Waals surface area contributed by atoms with Gasteiger partial charge in [-0.3, -0.25) is 9.69 Å². The summed E-state index contributed by atoms with van der Waals surface area (Å²) in [5.74, 6) is -0.247. The number of carbonyl (C=O) groups is 2. The fraction of sp³-hybridized carbons (Fsp3) is 0.200. The lowest BCUT2D eigenvalue weighted by Gasteiger charge is -2.22. The van der Waals surface area contributed by atoms with Crippen molar-refractivity contribution in [3.63, 3.8) is 0 Å². The van der Waals surface area contributed by atoms with Crippen molar-refractivity contribution < 1.29 is 9.59 Å². The summed E-state index contributed by atoms with van der Waals surface area (Å²) in [7, 11) is 0. The van der Waals surface area contributed by atoms with E-state index in [2.05, 4.69) is 5.32 Å². The van der Waals surface area contributed by atoms with E-state index in [0.717, 1.165) is 10.4 Å². The van der Waals surface area contributed by atoms with Gasteiger partial charge >= 0.3 is 6.03 Å². The Morgan fingerprint density at radius 1 is 1.19 bits per heavy atom. The number of urea groups is 1. The molecule has 2 aromatic rings. The van der Waals surface area contributed by atoms with Crippen molar-refractivity contribution in [3.8, 4) is 0 Å². The SMILES string of the molecule is C[C@]1(c2ccccc2)NC(=O)N(Cc2ccc(Cl)s2)C1=O. The van der Waals surface area contributed by atoms with Crippen LogP contribution >= 0.6 is 22.9 Å². The topological polar surface area (TPSA) is 49.4 Å². The summed E-state index contributed by atoms with van der Waals surface area (Å²) in [5.41, 5.74) is -0.241. The van der Waals surface area contributed by atoms with Gasteiger partial charge in [0.25, 0.3) is 5.91 Å². The molecule has 108 valence electrons. The molecule has 1 atom stereocenters. The third kappa shape index (κ3) is 2.43. The van der Waals surface area contributed by atoms with E-state index in [0.29, 0.717) is 4.34 Å². The summed E-state index contributed by atoms with van der Waals surface area (Å²) in [6, 6.07) is 12.5. The fourth-order valence-electron chi connectivity index (χ4n) is 2.40. The second-order valence-electron chi connectivity index (χ2n) is 5.02. The van der Waals surface area contributed by atoms with Gasteiger partial charge in [-0.2, -0.15) is 0 Å². The molecule has 0 aliphatic carbocycles. The second-order valence-corrected chi connectivity index (χ2v) is 6.82. The summed E-state index contributed by atoms with van der Waals surface area (Å²) in [4.78, 5) is 26.9. The number of carbonyl (C=O) groups excluding carboxylic acids is 2. The Hall–Kier alpha value is -1.85. The van der Waals surface area contributed by atoms with Crippen LogP contribution in [0.5, 0.6) is 0 Å². The zero-order chi connectivity index (χ0) is 15.0. The van der Waals surface area contributed by atoms with Crippen molar-refractivity contribution in [1.29, 1.82) is 0 Å². The summed E-state index contributed by atoms with van der Waals surface area (Å²) in [6.07, 6.45) is 0. The van der Waals surface area contributed by atoms with E-state index in [1.54, 1.807) is 13.0 Å². The average molecular weight is 321 g/mol. The molecule has 1 aliphatic rings. The van der Waals surface area contributed by atoms with Gasteiger partial charge in [-0.15, -0.1) is 11.3 Å². The highest BCUT2D eigenvalue weighted by Gasteiger charge is 2.48. The minimum absolute atomic E-state index is 0.241. The number of nitrogens with one attached hydrogen (secondary N) is 1. The average Bonchev–Trinajstić information content (AvgIpc) is 2.98. The maximum Gasteiger partial charge on any atom is 0.325 e. The highest BCUT2D eigenvalue weighted by atomic mass is 35.5. The van der Waals surface area contributed by atoms with E-state index in [1.807, 2.05) is 36.4 Å². The molecule has 1 fully saturated rings. The Bertz CT molecular complexity index is 701. The van der Waals surface area contributed by atoms with Crippen LogP contribution in [0.4, 0.5) is 4.79 Å². The van der Waals surface area contributed by atoms with Gasteiger partial charge in [0.2, 0.25) is 0 Å². The minimum atomic E-state index is -1.01. The molecule has 1 aromatic heterocycles. The predicted octanol–water partition coefficient (Wildman–Crippen LogP) is 3.37. The molecule has 1 aliphatic heterocycles. The molecular formula is C15H13ClN2O2S. The van der Waals surface area contributed by atoms with Crippen LogP contribution in [0.3, 0.4) is 0 Å². The van der Waals surface area contributed by atoms with Gasteiger partial charge in [-0.1, -0.05) is 41.9 Å². The molecule has 3 rings (SSSR count). The smallest absolute Gasteiger partial charge is 0.319 e.